The molecule has 0 spiro atoms. The van der Waals surface area contributed by atoms with Crippen LogP contribution < -0.4 is 10.9 Å². The second-order valence-corrected chi connectivity index (χ2v) is 8.47. The molecule has 2 N–H and O–H groups in total. The number of fused-ring (bicyclic) bond motifs is 1. The molecular weight excluding hydrogens is 388 g/mol. The van der Waals surface area contributed by atoms with Gasteiger partial charge in [0, 0.05) is 39.8 Å². The maximum Gasteiger partial charge on any atom is 0.260 e. The molecule has 0 saturated heterocycles. The van der Waals surface area contributed by atoms with Gasteiger partial charge in [-0.2, -0.15) is 4.98 Å². The molecule has 0 amide bonds. The highest BCUT2D eigenvalue weighted by Crippen LogP contribution is 2.37. The molecule has 0 atom stereocenters. The van der Waals surface area contributed by atoms with Crippen molar-refractivity contribution in [3.8, 4) is 11.1 Å². The molecular formula is C22H23ClN4O2. The Morgan fingerprint density at radius 2 is 1.83 bits per heavy atom. The van der Waals surface area contributed by atoms with Crippen LogP contribution in [-0.4, -0.2) is 31.8 Å². The van der Waals surface area contributed by atoms with E-state index >= 15 is 0 Å². The molecule has 1 aromatic carbocycles. The molecule has 0 unspecified atom stereocenters. The minimum atomic E-state index is -0.200. The number of rotatable bonds is 4. The van der Waals surface area contributed by atoms with E-state index in [0.717, 1.165) is 49.5 Å². The summed E-state index contributed by atoms with van der Waals surface area (Å²) in [6, 6.07) is 9.69. The smallest absolute Gasteiger partial charge is 0.260 e. The van der Waals surface area contributed by atoms with Gasteiger partial charge in [0.25, 0.3) is 5.56 Å². The third-order valence-electron chi connectivity index (χ3n) is 5.88. The van der Waals surface area contributed by atoms with Crippen molar-refractivity contribution in [1.82, 2.24) is 14.5 Å². The number of nitrogens with one attached hydrogen (secondary N) is 1. The van der Waals surface area contributed by atoms with Gasteiger partial charge in [-0.05, 0) is 50.7 Å². The first-order chi connectivity index (χ1) is 14.1. The lowest BCUT2D eigenvalue weighted by atomic mass is 9.93. The number of hydrogen-bond donors (Lipinski definition) is 2. The van der Waals surface area contributed by atoms with E-state index in [1.165, 1.54) is 0 Å². The fourth-order valence-corrected chi connectivity index (χ4v) is 4.37. The van der Waals surface area contributed by atoms with E-state index in [0.29, 0.717) is 22.2 Å². The number of pyridine rings is 1. The summed E-state index contributed by atoms with van der Waals surface area (Å²) in [4.78, 5) is 22.6. The van der Waals surface area contributed by atoms with Gasteiger partial charge in [-0.1, -0.05) is 29.8 Å². The van der Waals surface area contributed by atoms with Gasteiger partial charge >= 0.3 is 0 Å². The lowest BCUT2D eigenvalue weighted by molar-refractivity contribution is 0.126. The number of aliphatic hydroxyl groups excluding tert-OH is 1. The number of anilines is 1. The summed E-state index contributed by atoms with van der Waals surface area (Å²) in [6.07, 6.45) is 6.91. The lowest BCUT2D eigenvalue weighted by Gasteiger charge is -2.26. The Bertz CT molecular complexity index is 1120. The minimum Gasteiger partial charge on any atom is -0.393 e. The van der Waals surface area contributed by atoms with Crippen LogP contribution in [0.25, 0.3) is 22.2 Å². The zero-order valence-electron chi connectivity index (χ0n) is 16.0. The number of aromatic nitrogens is 3. The van der Waals surface area contributed by atoms with E-state index < -0.39 is 0 Å². The van der Waals surface area contributed by atoms with Gasteiger partial charge in [-0.3, -0.25) is 9.36 Å². The maximum atomic E-state index is 13.4. The highest BCUT2D eigenvalue weighted by Gasteiger charge is 2.29. The van der Waals surface area contributed by atoms with Crippen molar-refractivity contribution < 1.29 is 5.11 Å². The molecule has 2 aliphatic carbocycles. The lowest BCUT2D eigenvalue weighted by Crippen LogP contribution is -2.29. The van der Waals surface area contributed by atoms with Crippen molar-refractivity contribution in [3.63, 3.8) is 0 Å². The maximum absolute atomic E-state index is 13.4. The highest BCUT2D eigenvalue weighted by atomic mass is 35.5. The monoisotopic (exact) mass is 410 g/mol. The molecule has 7 heteroatoms. The summed E-state index contributed by atoms with van der Waals surface area (Å²) in [7, 11) is 0. The van der Waals surface area contributed by atoms with Gasteiger partial charge in [0.05, 0.1) is 6.10 Å². The molecule has 6 nitrogen and oxygen atoms in total. The first-order valence-corrected chi connectivity index (χ1v) is 10.6. The van der Waals surface area contributed by atoms with Crippen LogP contribution in [-0.2, 0) is 0 Å². The second kappa shape index (κ2) is 7.43. The van der Waals surface area contributed by atoms with Crippen LogP contribution in [0, 0.1) is 0 Å². The first kappa shape index (κ1) is 18.6. The van der Waals surface area contributed by atoms with Crippen LogP contribution in [0.5, 0.6) is 0 Å². The number of aliphatic hydroxyl groups is 1. The summed E-state index contributed by atoms with van der Waals surface area (Å²) in [5.74, 6) is 0.540. The van der Waals surface area contributed by atoms with Crippen molar-refractivity contribution in [1.29, 1.82) is 0 Å². The number of benzene rings is 1. The van der Waals surface area contributed by atoms with E-state index in [-0.39, 0.29) is 23.7 Å². The summed E-state index contributed by atoms with van der Waals surface area (Å²) < 4.78 is 1.81. The van der Waals surface area contributed by atoms with E-state index in [1.807, 2.05) is 28.8 Å². The van der Waals surface area contributed by atoms with Crippen LogP contribution in [0.4, 0.5) is 5.95 Å². The number of hydrogen-bond acceptors (Lipinski definition) is 5. The highest BCUT2D eigenvalue weighted by molar-refractivity contribution is 6.33. The van der Waals surface area contributed by atoms with Crippen LogP contribution in [0.3, 0.4) is 0 Å². The molecule has 150 valence electrons. The Morgan fingerprint density at radius 3 is 2.55 bits per heavy atom. The van der Waals surface area contributed by atoms with Gasteiger partial charge in [-0.15, -0.1) is 0 Å². The SMILES string of the molecule is O=c1c(-c2ccccc2Cl)cc2cnc(NC3CCC(O)CC3)nc2n1C1CC1. The van der Waals surface area contributed by atoms with Gasteiger partial charge in [0.15, 0.2) is 0 Å². The van der Waals surface area contributed by atoms with Gasteiger partial charge < -0.3 is 10.4 Å². The summed E-state index contributed by atoms with van der Waals surface area (Å²) >= 11 is 6.37. The third-order valence-corrected chi connectivity index (χ3v) is 6.21. The Hall–Kier alpha value is -2.44. The largest absolute Gasteiger partial charge is 0.393 e. The van der Waals surface area contributed by atoms with Crippen LogP contribution in [0.2, 0.25) is 5.02 Å². The van der Waals surface area contributed by atoms with Gasteiger partial charge in [0.2, 0.25) is 5.95 Å². The fourth-order valence-electron chi connectivity index (χ4n) is 4.14. The van der Waals surface area contributed by atoms with Crippen LogP contribution in [0.15, 0.2) is 41.3 Å². The van der Waals surface area contributed by atoms with E-state index in [2.05, 4.69) is 10.3 Å². The van der Waals surface area contributed by atoms with Crippen molar-refractivity contribution in [2.75, 3.05) is 5.32 Å². The molecule has 3 aromatic rings. The van der Waals surface area contributed by atoms with Crippen LogP contribution >= 0.6 is 11.6 Å². The van der Waals surface area contributed by atoms with Crippen LogP contribution in [0.1, 0.15) is 44.6 Å². The van der Waals surface area contributed by atoms with Crippen molar-refractivity contribution in [2.45, 2.75) is 56.7 Å². The minimum absolute atomic E-state index is 0.0569. The summed E-state index contributed by atoms with van der Waals surface area (Å²) in [6.45, 7) is 0. The van der Waals surface area contributed by atoms with E-state index in [4.69, 9.17) is 16.6 Å². The Balaban J connectivity index is 1.58. The zero-order chi connectivity index (χ0) is 20.0. The molecule has 2 fully saturated rings. The molecule has 2 heterocycles. The van der Waals surface area contributed by atoms with E-state index in [9.17, 15) is 9.90 Å². The Labute approximate surface area is 173 Å². The fraction of sp³-hybridized carbons (Fsp3) is 0.409. The van der Waals surface area contributed by atoms with Gasteiger partial charge in [0.1, 0.15) is 5.65 Å². The number of halogens is 1. The number of nitrogens with zero attached hydrogens (tertiary/aromatic N) is 3. The standard InChI is InChI=1S/C22H23ClN4O2/c23-19-4-2-1-3-17(19)18-11-13-12-24-22(25-14-5-9-16(28)10-6-14)26-20(13)27(21(18)29)15-7-8-15/h1-4,11-12,14-16,28H,5-10H2,(H,24,25,26). The molecule has 0 radical (unpaired) electrons. The molecule has 0 aliphatic heterocycles. The molecule has 2 aromatic heterocycles. The second-order valence-electron chi connectivity index (χ2n) is 8.07. The average Bonchev–Trinajstić information content (AvgIpc) is 3.55. The summed E-state index contributed by atoms with van der Waals surface area (Å²) in [5, 5.41) is 14.5. The van der Waals surface area contributed by atoms with E-state index in [1.54, 1.807) is 12.3 Å². The quantitative estimate of drug-likeness (QED) is 0.675. The summed E-state index contributed by atoms with van der Waals surface area (Å²) in [5.41, 5.74) is 1.93. The zero-order valence-corrected chi connectivity index (χ0v) is 16.8. The Kier molecular flexibility index (Phi) is 4.76. The first-order valence-electron chi connectivity index (χ1n) is 10.2. The normalized spacial score (nSPS) is 22.0. The third kappa shape index (κ3) is 3.63. The topological polar surface area (TPSA) is 80.0 Å². The molecule has 29 heavy (non-hydrogen) atoms. The Morgan fingerprint density at radius 1 is 1.07 bits per heavy atom. The average molecular weight is 411 g/mol. The predicted octanol–water partition coefficient (Wildman–Crippen LogP) is 4.16. The van der Waals surface area contributed by atoms with Crippen molar-refractivity contribution in [2.24, 2.45) is 0 Å². The van der Waals surface area contributed by atoms with Gasteiger partial charge in [-0.25, -0.2) is 4.98 Å². The predicted molar refractivity (Wildman–Crippen MR) is 114 cm³/mol. The molecule has 2 aliphatic rings. The molecule has 2 saturated carbocycles. The molecule has 0 bridgehead atoms. The van der Waals surface area contributed by atoms with Crippen molar-refractivity contribution in [3.05, 3.63) is 51.9 Å². The molecule has 5 rings (SSSR count). The van der Waals surface area contributed by atoms with Crippen molar-refractivity contribution >= 4 is 28.6 Å².